The predicted octanol–water partition coefficient (Wildman–Crippen LogP) is -0.993. The van der Waals surface area contributed by atoms with E-state index < -0.39 is 46.6 Å². The summed E-state index contributed by atoms with van der Waals surface area (Å²) in [6, 6.07) is 0. The molecule has 0 aromatic carbocycles. The van der Waals surface area contributed by atoms with Gasteiger partial charge in [-0.05, 0) is 18.9 Å². The van der Waals surface area contributed by atoms with Gasteiger partial charge in [-0.25, -0.2) is 0 Å². The molecule has 5 N–H and O–H groups in total. The standard InChI is InChI=1S/C17H26O7S/c1-9-5-11-15(7-23-17(9,22)13(15)20)14(2)6-10(19)12(24-11)16(14,21)8-25-4-3-18/h5,10-13,18-22H,3-4,6-8H2,1-2H3/t10-,11-,12-,13+,14-,15-,16+,17-/m1/s1. The first kappa shape index (κ1) is 18.2. The minimum absolute atomic E-state index is 0.00722. The van der Waals surface area contributed by atoms with Crippen molar-refractivity contribution < 1.29 is 35.0 Å². The number of thioether (sulfide) groups is 1. The Morgan fingerprint density at radius 2 is 2.04 bits per heavy atom. The number of hydrogen-bond donors (Lipinski definition) is 5. The second-order valence-electron chi connectivity index (χ2n) is 8.06. The molecule has 1 saturated carbocycles. The topological polar surface area (TPSA) is 120 Å². The Hall–Kier alpha value is -0.190. The second kappa shape index (κ2) is 5.42. The smallest absolute Gasteiger partial charge is 0.215 e. The fourth-order valence-electron chi connectivity index (χ4n) is 5.56. The first-order valence-electron chi connectivity index (χ1n) is 8.65. The number of ether oxygens (including phenoxy) is 2. The normalized spacial score (nSPS) is 56.7. The van der Waals surface area contributed by atoms with E-state index in [1.54, 1.807) is 13.0 Å². The zero-order valence-electron chi connectivity index (χ0n) is 14.4. The van der Waals surface area contributed by atoms with Crippen molar-refractivity contribution in [1.29, 1.82) is 0 Å². The van der Waals surface area contributed by atoms with Gasteiger partial charge >= 0.3 is 0 Å². The summed E-state index contributed by atoms with van der Waals surface area (Å²) >= 11 is 1.38. The third-order valence-electron chi connectivity index (χ3n) is 7.14. The highest BCUT2D eigenvalue weighted by Crippen LogP contribution is 2.70. The molecule has 0 aromatic rings. The van der Waals surface area contributed by atoms with Crippen molar-refractivity contribution in [2.45, 2.75) is 56.1 Å². The molecule has 0 radical (unpaired) electrons. The summed E-state index contributed by atoms with van der Waals surface area (Å²) in [5, 5.41) is 53.1. The number of hydrogen-bond acceptors (Lipinski definition) is 8. The van der Waals surface area contributed by atoms with Gasteiger partial charge in [-0.15, -0.1) is 0 Å². The van der Waals surface area contributed by atoms with Crippen molar-refractivity contribution in [3.63, 3.8) is 0 Å². The molecule has 25 heavy (non-hydrogen) atoms. The summed E-state index contributed by atoms with van der Waals surface area (Å²) in [5.74, 6) is -1.07. The van der Waals surface area contributed by atoms with E-state index in [0.717, 1.165) is 0 Å². The van der Waals surface area contributed by atoms with Gasteiger partial charge < -0.3 is 35.0 Å². The summed E-state index contributed by atoms with van der Waals surface area (Å²) in [6.45, 7) is 3.55. The second-order valence-corrected chi connectivity index (χ2v) is 9.16. The molecule has 1 spiro atoms. The molecule has 4 aliphatic rings. The molecule has 0 aromatic heterocycles. The quantitative estimate of drug-likeness (QED) is 0.314. The maximum absolute atomic E-state index is 11.6. The Bertz CT molecular complexity index is 614. The van der Waals surface area contributed by atoms with Crippen molar-refractivity contribution >= 4 is 11.8 Å². The monoisotopic (exact) mass is 374 g/mol. The molecule has 2 saturated heterocycles. The summed E-state index contributed by atoms with van der Waals surface area (Å²) in [6.07, 6.45) is -1.49. The molecule has 3 fully saturated rings. The Balaban J connectivity index is 1.83. The van der Waals surface area contributed by atoms with Gasteiger partial charge in [0.1, 0.15) is 17.8 Å². The molecule has 4 bridgehead atoms. The molecule has 8 atom stereocenters. The van der Waals surface area contributed by atoms with E-state index >= 15 is 0 Å². The average Bonchev–Trinajstić information content (AvgIpc) is 2.82. The van der Waals surface area contributed by atoms with Crippen LogP contribution in [0.25, 0.3) is 0 Å². The molecule has 4 rings (SSSR count). The van der Waals surface area contributed by atoms with E-state index in [2.05, 4.69) is 0 Å². The fourth-order valence-corrected chi connectivity index (χ4v) is 6.62. The highest BCUT2D eigenvalue weighted by atomic mass is 32.2. The first-order valence-corrected chi connectivity index (χ1v) is 9.81. The van der Waals surface area contributed by atoms with E-state index in [4.69, 9.17) is 14.6 Å². The van der Waals surface area contributed by atoms with Gasteiger partial charge in [0.15, 0.2) is 0 Å². The minimum atomic E-state index is -1.79. The van der Waals surface area contributed by atoms with Crippen LogP contribution in [0.15, 0.2) is 11.6 Å². The lowest BCUT2D eigenvalue weighted by Crippen LogP contribution is -2.73. The van der Waals surface area contributed by atoms with Crippen molar-refractivity contribution in [2.75, 3.05) is 24.7 Å². The van der Waals surface area contributed by atoms with E-state index in [9.17, 15) is 20.4 Å². The Labute approximate surface area is 150 Å². The Kier molecular flexibility index (Phi) is 3.94. The van der Waals surface area contributed by atoms with Gasteiger partial charge in [-0.1, -0.05) is 13.0 Å². The minimum Gasteiger partial charge on any atom is -0.396 e. The Morgan fingerprint density at radius 3 is 2.72 bits per heavy atom. The zero-order chi connectivity index (χ0) is 18.3. The zero-order valence-corrected chi connectivity index (χ0v) is 15.2. The van der Waals surface area contributed by atoms with Crippen LogP contribution < -0.4 is 0 Å². The average molecular weight is 374 g/mol. The van der Waals surface area contributed by atoms with Crippen LogP contribution in [0.2, 0.25) is 0 Å². The van der Waals surface area contributed by atoms with Crippen LogP contribution in [0.5, 0.6) is 0 Å². The molecule has 2 aliphatic carbocycles. The molecule has 0 amide bonds. The van der Waals surface area contributed by atoms with Crippen molar-refractivity contribution in [1.82, 2.24) is 0 Å². The van der Waals surface area contributed by atoms with Crippen LogP contribution in [0, 0.1) is 10.8 Å². The van der Waals surface area contributed by atoms with Crippen molar-refractivity contribution in [3.05, 3.63) is 11.6 Å². The molecular formula is C17H26O7S. The lowest BCUT2D eigenvalue weighted by atomic mass is 9.50. The largest absolute Gasteiger partial charge is 0.396 e. The van der Waals surface area contributed by atoms with Gasteiger partial charge in [-0.2, -0.15) is 11.8 Å². The number of fused-ring (bicyclic) bond motifs is 3. The third-order valence-corrected chi connectivity index (χ3v) is 8.25. The number of aliphatic hydroxyl groups is 5. The lowest BCUT2D eigenvalue weighted by molar-refractivity contribution is -0.287. The van der Waals surface area contributed by atoms with Gasteiger partial charge in [0.05, 0.1) is 30.8 Å². The van der Waals surface area contributed by atoms with E-state index in [1.807, 2.05) is 6.92 Å². The lowest BCUT2D eigenvalue weighted by Gasteiger charge is -2.61. The Morgan fingerprint density at radius 1 is 1.32 bits per heavy atom. The molecule has 2 heterocycles. The van der Waals surface area contributed by atoms with Crippen LogP contribution >= 0.6 is 11.8 Å². The van der Waals surface area contributed by atoms with Crippen molar-refractivity contribution in [2.24, 2.45) is 10.8 Å². The van der Waals surface area contributed by atoms with Gasteiger partial charge in [-0.3, -0.25) is 0 Å². The van der Waals surface area contributed by atoms with E-state index in [-0.39, 0.29) is 25.4 Å². The summed E-state index contributed by atoms with van der Waals surface area (Å²) in [5.41, 5.74) is -2.90. The van der Waals surface area contributed by atoms with Gasteiger partial charge in [0.2, 0.25) is 5.79 Å². The van der Waals surface area contributed by atoms with Gasteiger partial charge in [0, 0.05) is 16.9 Å². The van der Waals surface area contributed by atoms with E-state index in [0.29, 0.717) is 11.3 Å². The van der Waals surface area contributed by atoms with Crippen LogP contribution in [0.4, 0.5) is 0 Å². The summed E-state index contributed by atoms with van der Waals surface area (Å²) in [7, 11) is 0. The highest BCUT2D eigenvalue weighted by Gasteiger charge is 2.81. The predicted molar refractivity (Wildman–Crippen MR) is 89.9 cm³/mol. The SMILES string of the molecule is CC1=C[C@H]2O[C@@H]3[C@H](O)C[C@](C)([C@]24CO[C@@]1(O)[C@H]4O)[C@]3(O)CSCCO. The molecule has 8 heteroatoms. The van der Waals surface area contributed by atoms with Gasteiger partial charge in [0.25, 0.3) is 0 Å². The van der Waals surface area contributed by atoms with Crippen LogP contribution in [0.1, 0.15) is 20.3 Å². The molecule has 7 nitrogen and oxygen atoms in total. The highest BCUT2D eigenvalue weighted by molar-refractivity contribution is 7.99. The first-order chi connectivity index (χ1) is 11.7. The van der Waals surface area contributed by atoms with Crippen LogP contribution in [-0.2, 0) is 9.47 Å². The molecule has 2 aliphatic heterocycles. The van der Waals surface area contributed by atoms with Crippen LogP contribution in [-0.4, -0.2) is 86.1 Å². The number of aliphatic hydroxyl groups excluding tert-OH is 3. The fraction of sp³-hybridized carbons (Fsp3) is 0.882. The van der Waals surface area contributed by atoms with Crippen LogP contribution in [0.3, 0.4) is 0 Å². The number of rotatable bonds is 4. The maximum Gasteiger partial charge on any atom is 0.215 e. The third kappa shape index (κ3) is 1.87. The maximum atomic E-state index is 11.6. The van der Waals surface area contributed by atoms with Crippen molar-refractivity contribution in [3.8, 4) is 0 Å². The van der Waals surface area contributed by atoms with E-state index in [1.165, 1.54) is 11.8 Å². The summed E-state index contributed by atoms with van der Waals surface area (Å²) < 4.78 is 11.7. The molecular weight excluding hydrogens is 348 g/mol. The molecule has 142 valence electrons. The molecule has 0 unspecified atom stereocenters. The summed E-state index contributed by atoms with van der Waals surface area (Å²) in [4.78, 5) is 0.